The Morgan fingerprint density at radius 1 is 0.852 bits per heavy atom. The van der Waals surface area contributed by atoms with E-state index in [4.69, 9.17) is 0 Å². The molecule has 1 saturated heterocycles. The molecule has 0 radical (unpaired) electrons. The molecule has 0 unspecified atom stereocenters. The van der Waals surface area contributed by atoms with Crippen LogP contribution in [-0.4, -0.2) is 17.6 Å². The minimum atomic E-state index is -0.557. The van der Waals surface area contributed by atoms with E-state index in [0.717, 1.165) is 27.8 Å². The van der Waals surface area contributed by atoms with Crippen LogP contribution in [0.5, 0.6) is 0 Å². The van der Waals surface area contributed by atoms with E-state index in [0.29, 0.717) is 12.1 Å². The molecule has 1 aliphatic heterocycles. The van der Waals surface area contributed by atoms with Crippen LogP contribution >= 0.6 is 0 Å². The normalized spacial score (nSPS) is 28.6. The molecule has 27 heavy (non-hydrogen) atoms. The van der Waals surface area contributed by atoms with Gasteiger partial charge in [0.15, 0.2) is 0 Å². The maximum atomic E-state index is 13.4. The number of benzene rings is 2. The monoisotopic (exact) mass is 359 g/mol. The molecule has 2 aromatic carbocycles. The van der Waals surface area contributed by atoms with E-state index >= 15 is 0 Å². The quantitative estimate of drug-likeness (QED) is 0.732. The van der Waals surface area contributed by atoms with Crippen molar-refractivity contribution in [2.24, 2.45) is 11.8 Å². The number of rotatable bonds is 1. The molecule has 1 saturated carbocycles. The molecule has 2 bridgehead atoms. The number of ketones is 1. The number of carbonyl (C=O) groups is 3. The van der Waals surface area contributed by atoms with Crippen molar-refractivity contribution in [2.75, 3.05) is 4.90 Å². The highest BCUT2D eigenvalue weighted by Gasteiger charge is 2.62. The van der Waals surface area contributed by atoms with E-state index in [2.05, 4.69) is 0 Å². The predicted octanol–water partition coefficient (Wildman–Crippen LogP) is 3.57. The molecule has 4 nitrogen and oxygen atoms in total. The molecule has 2 fully saturated rings. The van der Waals surface area contributed by atoms with Crippen molar-refractivity contribution in [3.8, 4) is 0 Å². The Labute approximate surface area is 158 Å². The van der Waals surface area contributed by atoms with Gasteiger partial charge in [-0.05, 0) is 43.0 Å². The lowest BCUT2D eigenvalue weighted by Crippen LogP contribution is -2.44. The van der Waals surface area contributed by atoms with Gasteiger partial charge >= 0.3 is 0 Å². The van der Waals surface area contributed by atoms with Crippen molar-refractivity contribution >= 4 is 23.3 Å². The Balaban J connectivity index is 1.68. The van der Waals surface area contributed by atoms with Crippen molar-refractivity contribution < 1.29 is 14.4 Å². The van der Waals surface area contributed by atoms with Crippen LogP contribution in [0, 0.1) is 32.6 Å². The van der Waals surface area contributed by atoms with Gasteiger partial charge in [0.05, 0.1) is 23.4 Å². The Morgan fingerprint density at radius 3 is 2.11 bits per heavy atom. The van der Waals surface area contributed by atoms with Crippen LogP contribution < -0.4 is 4.90 Å². The Bertz CT molecular complexity index is 1010. The maximum absolute atomic E-state index is 13.4. The number of nitrogens with zero attached hydrogens (tertiary/aromatic N) is 1. The average Bonchev–Trinajstić information content (AvgIpc) is 2.87. The standard InChI is InChI=1S/C23H21NO3/c1-11-8-12(2)21(13(3)9-11)24-22(26)19-16-10-17(25)18(20(19)23(24)27)15-7-5-4-6-14(15)16/h4-9,16,18-20H,10H2,1-3H3/t16-,18+,19+,20+/m0/s1. The number of hydrogen-bond acceptors (Lipinski definition) is 3. The minimum Gasteiger partial charge on any atom is -0.299 e. The summed E-state index contributed by atoms with van der Waals surface area (Å²) in [5.74, 6) is -1.90. The number of aryl methyl sites for hydroxylation is 3. The van der Waals surface area contributed by atoms with Crippen molar-refractivity contribution in [1.82, 2.24) is 0 Å². The zero-order chi connectivity index (χ0) is 19.0. The Kier molecular flexibility index (Phi) is 3.27. The van der Waals surface area contributed by atoms with Crippen LogP contribution in [0.25, 0.3) is 0 Å². The highest BCUT2D eigenvalue weighted by atomic mass is 16.2. The highest BCUT2D eigenvalue weighted by Crippen LogP contribution is 2.58. The summed E-state index contributed by atoms with van der Waals surface area (Å²) in [7, 11) is 0. The summed E-state index contributed by atoms with van der Waals surface area (Å²) in [6.07, 6.45) is 0.363. The molecule has 0 aromatic heterocycles. The third-order valence-electron chi connectivity index (χ3n) is 6.55. The predicted molar refractivity (Wildman–Crippen MR) is 102 cm³/mol. The third kappa shape index (κ3) is 2.01. The van der Waals surface area contributed by atoms with Gasteiger partial charge in [-0.25, -0.2) is 4.90 Å². The van der Waals surface area contributed by atoms with Gasteiger partial charge in [-0.15, -0.1) is 0 Å². The van der Waals surface area contributed by atoms with Crippen LogP contribution in [0.1, 0.15) is 46.1 Å². The van der Waals surface area contributed by atoms with Crippen LogP contribution in [0.2, 0.25) is 0 Å². The van der Waals surface area contributed by atoms with Crippen molar-refractivity contribution in [2.45, 2.75) is 39.0 Å². The van der Waals surface area contributed by atoms with Gasteiger partial charge < -0.3 is 0 Å². The summed E-state index contributed by atoms with van der Waals surface area (Å²) in [6.45, 7) is 5.88. The molecular weight excluding hydrogens is 338 g/mol. The second-order valence-electron chi connectivity index (χ2n) is 8.19. The lowest BCUT2D eigenvalue weighted by atomic mass is 9.56. The first kappa shape index (κ1) is 16.4. The Hall–Kier alpha value is -2.75. The number of hydrogen-bond donors (Lipinski definition) is 0. The van der Waals surface area contributed by atoms with Crippen molar-refractivity contribution in [1.29, 1.82) is 0 Å². The summed E-state index contributed by atoms with van der Waals surface area (Å²) in [4.78, 5) is 41.0. The van der Waals surface area contributed by atoms with Gasteiger partial charge in [0.1, 0.15) is 5.78 Å². The Morgan fingerprint density at radius 2 is 1.44 bits per heavy atom. The summed E-state index contributed by atoms with van der Waals surface area (Å²) in [5.41, 5.74) is 5.66. The molecule has 136 valence electrons. The molecule has 1 heterocycles. The second kappa shape index (κ2) is 5.38. The van der Waals surface area contributed by atoms with Crippen LogP contribution in [-0.2, 0) is 14.4 Å². The minimum absolute atomic E-state index is 0.0975. The molecule has 4 atom stereocenters. The smallest absolute Gasteiger partial charge is 0.238 e. The van der Waals surface area contributed by atoms with Crippen LogP contribution in [0.15, 0.2) is 36.4 Å². The first-order valence-electron chi connectivity index (χ1n) is 9.47. The summed E-state index contributed by atoms with van der Waals surface area (Å²) in [6, 6.07) is 11.8. The van der Waals surface area contributed by atoms with E-state index in [-0.39, 0.29) is 23.5 Å². The first-order chi connectivity index (χ1) is 12.9. The van der Waals surface area contributed by atoms with Gasteiger partial charge in [-0.3, -0.25) is 14.4 Å². The fraction of sp³-hybridized carbons (Fsp3) is 0.348. The van der Waals surface area contributed by atoms with E-state index in [9.17, 15) is 14.4 Å². The van der Waals surface area contributed by atoms with Gasteiger partial charge in [0, 0.05) is 12.3 Å². The summed E-state index contributed by atoms with van der Waals surface area (Å²) < 4.78 is 0. The first-order valence-corrected chi connectivity index (χ1v) is 9.47. The van der Waals surface area contributed by atoms with E-state index in [1.807, 2.05) is 57.2 Å². The van der Waals surface area contributed by atoms with Gasteiger partial charge in [-0.1, -0.05) is 42.0 Å². The van der Waals surface area contributed by atoms with Crippen LogP contribution in [0.3, 0.4) is 0 Å². The number of imide groups is 1. The SMILES string of the molecule is Cc1cc(C)c(N2C(=O)[C@H]3[C@H](C2=O)[C@H]2C(=O)C[C@H]3c3ccccc32)c(C)c1. The molecular formula is C23H21NO3. The van der Waals surface area contributed by atoms with Gasteiger partial charge in [-0.2, -0.15) is 0 Å². The second-order valence-corrected chi connectivity index (χ2v) is 8.19. The summed E-state index contributed by atoms with van der Waals surface area (Å²) >= 11 is 0. The summed E-state index contributed by atoms with van der Waals surface area (Å²) in [5, 5.41) is 0. The number of anilines is 1. The van der Waals surface area contributed by atoms with Crippen molar-refractivity contribution in [3.05, 3.63) is 64.2 Å². The van der Waals surface area contributed by atoms with Crippen LogP contribution in [0.4, 0.5) is 5.69 Å². The molecule has 4 aliphatic rings. The molecule has 0 spiro atoms. The molecule has 3 aliphatic carbocycles. The topological polar surface area (TPSA) is 54.5 Å². The third-order valence-corrected chi connectivity index (χ3v) is 6.55. The van der Waals surface area contributed by atoms with Gasteiger partial charge in [0.25, 0.3) is 0 Å². The van der Waals surface area contributed by atoms with Crippen molar-refractivity contribution in [3.63, 3.8) is 0 Å². The van der Waals surface area contributed by atoms with E-state index in [1.54, 1.807) is 0 Å². The lowest BCUT2D eigenvalue weighted by molar-refractivity contribution is -0.134. The zero-order valence-corrected chi connectivity index (χ0v) is 15.7. The lowest BCUT2D eigenvalue weighted by Gasteiger charge is -2.43. The van der Waals surface area contributed by atoms with E-state index < -0.39 is 17.8 Å². The molecule has 4 heteroatoms. The number of fused-ring (bicyclic) bond motifs is 1. The molecule has 0 N–H and O–H groups in total. The maximum Gasteiger partial charge on any atom is 0.238 e. The average molecular weight is 359 g/mol. The highest BCUT2D eigenvalue weighted by molar-refractivity contribution is 6.25. The molecule has 2 aromatic rings. The van der Waals surface area contributed by atoms with E-state index in [1.165, 1.54) is 4.90 Å². The molecule has 6 rings (SSSR count). The van der Waals surface area contributed by atoms with Gasteiger partial charge in [0.2, 0.25) is 11.8 Å². The number of Topliss-reactive ketones (excluding diaryl/α,β-unsaturated/α-hetero) is 1. The fourth-order valence-electron chi connectivity index (χ4n) is 5.70. The zero-order valence-electron chi connectivity index (χ0n) is 15.7. The number of carbonyl (C=O) groups excluding carboxylic acids is 3. The molecule has 2 amide bonds. The fourth-order valence-corrected chi connectivity index (χ4v) is 5.70. The number of amides is 2. The largest absolute Gasteiger partial charge is 0.299 e.